The van der Waals surface area contributed by atoms with Gasteiger partial charge in [0.05, 0.1) is 12.2 Å². The number of ether oxygens (including phenoxy) is 1. The predicted octanol–water partition coefficient (Wildman–Crippen LogP) is 1.93. The molecule has 2 heteroatoms. The monoisotopic (exact) mass is 159 g/mol. The van der Waals surface area contributed by atoms with Gasteiger partial charge >= 0.3 is 0 Å². The Morgan fingerprint density at radius 2 is 1.64 bits per heavy atom. The lowest BCUT2D eigenvalue weighted by Crippen LogP contribution is -2.44. The molecule has 1 saturated heterocycles. The van der Waals surface area contributed by atoms with Gasteiger partial charge in [-0.2, -0.15) is 0 Å². The van der Waals surface area contributed by atoms with E-state index >= 15 is 0 Å². The van der Waals surface area contributed by atoms with Crippen LogP contribution in [0.25, 0.3) is 0 Å². The first-order valence-electron chi connectivity index (χ1n) is 4.63. The van der Waals surface area contributed by atoms with Gasteiger partial charge in [0.1, 0.15) is 0 Å². The Morgan fingerprint density at radius 3 is 1.91 bits per heavy atom. The molecule has 0 aromatic carbocycles. The molecular formula is C9H21NO. The maximum Gasteiger partial charge on any atom is 0.0704 e. The molecule has 0 aromatic rings. The number of rotatable bonds is 0. The minimum absolute atomic E-state index is 0. The average molecular weight is 159 g/mol. The molecule has 2 nitrogen and oxygen atoms in total. The van der Waals surface area contributed by atoms with Gasteiger partial charge < -0.3 is 10.5 Å². The zero-order valence-corrected chi connectivity index (χ0v) is 7.44. The van der Waals surface area contributed by atoms with Crippen LogP contribution in [-0.2, 0) is 4.74 Å². The van der Waals surface area contributed by atoms with Crippen molar-refractivity contribution in [2.24, 2.45) is 5.73 Å². The van der Waals surface area contributed by atoms with Gasteiger partial charge in [-0.25, -0.2) is 0 Å². The van der Waals surface area contributed by atoms with Gasteiger partial charge in [0.25, 0.3) is 0 Å². The van der Waals surface area contributed by atoms with Gasteiger partial charge in [-0.1, -0.05) is 19.3 Å². The molecule has 2 N–H and O–H groups in total. The summed E-state index contributed by atoms with van der Waals surface area (Å²) < 4.78 is 5.56. The van der Waals surface area contributed by atoms with E-state index in [9.17, 15) is 0 Å². The largest absolute Gasteiger partial charge is 0.375 e. The van der Waals surface area contributed by atoms with E-state index in [0.717, 1.165) is 6.61 Å². The molecule has 2 fully saturated rings. The van der Waals surface area contributed by atoms with E-state index < -0.39 is 0 Å². The van der Waals surface area contributed by atoms with Crippen LogP contribution in [0.3, 0.4) is 0 Å². The maximum atomic E-state index is 5.56. The minimum atomic E-state index is 0. The lowest BCUT2D eigenvalue weighted by Gasteiger charge is -2.44. The number of hydrogen-bond acceptors (Lipinski definition) is 2. The SMILES string of the molecule is C1CCC2(CC1)CCO2.CN.[HH]. The maximum absolute atomic E-state index is 5.56. The second kappa shape index (κ2) is 4.07. The van der Waals surface area contributed by atoms with Gasteiger partial charge in [0, 0.05) is 1.43 Å². The third-order valence-electron chi connectivity index (χ3n) is 2.73. The zero-order chi connectivity index (χ0) is 8.16. The van der Waals surface area contributed by atoms with Crippen molar-refractivity contribution in [3.8, 4) is 0 Å². The third-order valence-corrected chi connectivity index (χ3v) is 2.73. The molecule has 0 amide bonds. The van der Waals surface area contributed by atoms with Gasteiger partial charge in [-0.15, -0.1) is 0 Å². The Labute approximate surface area is 70.6 Å². The molecule has 0 atom stereocenters. The van der Waals surface area contributed by atoms with Gasteiger partial charge in [-0.3, -0.25) is 0 Å². The second-order valence-corrected chi connectivity index (χ2v) is 3.34. The molecule has 0 aromatic heterocycles. The van der Waals surface area contributed by atoms with Crippen molar-refractivity contribution in [3.05, 3.63) is 0 Å². The molecular weight excluding hydrogens is 138 g/mol. The molecule has 2 rings (SSSR count). The highest BCUT2D eigenvalue weighted by atomic mass is 16.5. The van der Waals surface area contributed by atoms with Crippen LogP contribution in [0.15, 0.2) is 0 Å². The van der Waals surface area contributed by atoms with Gasteiger partial charge in [0.2, 0.25) is 0 Å². The van der Waals surface area contributed by atoms with Crippen LogP contribution in [0, 0.1) is 0 Å². The Hall–Kier alpha value is -0.0800. The fraction of sp³-hybridized carbons (Fsp3) is 1.00. The third kappa shape index (κ3) is 1.94. The first-order chi connectivity index (χ1) is 5.41. The van der Waals surface area contributed by atoms with E-state index in [1.165, 1.54) is 45.6 Å². The van der Waals surface area contributed by atoms with Gasteiger partial charge in [-0.05, 0) is 26.3 Å². The lowest BCUT2D eigenvalue weighted by molar-refractivity contribution is -0.164. The summed E-state index contributed by atoms with van der Waals surface area (Å²) in [5, 5.41) is 0. The molecule has 11 heavy (non-hydrogen) atoms. The van der Waals surface area contributed by atoms with E-state index in [-0.39, 0.29) is 1.43 Å². The van der Waals surface area contributed by atoms with Crippen molar-refractivity contribution < 1.29 is 6.16 Å². The molecule has 1 spiro atoms. The number of hydrogen-bond donors (Lipinski definition) is 1. The summed E-state index contributed by atoms with van der Waals surface area (Å²) >= 11 is 0. The van der Waals surface area contributed by atoms with Crippen LogP contribution >= 0.6 is 0 Å². The highest BCUT2D eigenvalue weighted by Gasteiger charge is 2.38. The van der Waals surface area contributed by atoms with Crippen LogP contribution in [0.4, 0.5) is 0 Å². The van der Waals surface area contributed by atoms with Crippen LogP contribution in [0.2, 0.25) is 0 Å². The van der Waals surface area contributed by atoms with Crippen LogP contribution < -0.4 is 5.73 Å². The van der Waals surface area contributed by atoms with Crippen LogP contribution in [0.1, 0.15) is 40.0 Å². The second-order valence-electron chi connectivity index (χ2n) is 3.34. The summed E-state index contributed by atoms with van der Waals surface area (Å²) in [4.78, 5) is 0. The summed E-state index contributed by atoms with van der Waals surface area (Å²) in [6, 6.07) is 0. The predicted molar refractivity (Wildman–Crippen MR) is 48.6 cm³/mol. The quantitative estimate of drug-likeness (QED) is 0.586. The highest BCUT2D eigenvalue weighted by Crippen LogP contribution is 2.40. The van der Waals surface area contributed by atoms with E-state index in [0.29, 0.717) is 5.60 Å². The number of nitrogens with two attached hydrogens (primary N) is 1. The van der Waals surface area contributed by atoms with Crippen molar-refractivity contribution >= 4 is 0 Å². The summed E-state index contributed by atoms with van der Waals surface area (Å²) in [7, 11) is 1.50. The Morgan fingerprint density at radius 1 is 1.09 bits per heavy atom. The van der Waals surface area contributed by atoms with E-state index in [4.69, 9.17) is 4.74 Å². The summed E-state index contributed by atoms with van der Waals surface area (Å²) in [5.74, 6) is 0. The van der Waals surface area contributed by atoms with Crippen LogP contribution in [0.5, 0.6) is 0 Å². The lowest BCUT2D eigenvalue weighted by atomic mass is 9.79. The van der Waals surface area contributed by atoms with Gasteiger partial charge in [0.15, 0.2) is 0 Å². The van der Waals surface area contributed by atoms with E-state index in [1.54, 1.807) is 0 Å². The zero-order valence-electron chi connectivity index (χ0n) is 7.44. The first kappa shape index (κ1) is 9.01. The molecule has 0 radical (unpaired) electrons. The summed E-state index contributed by atoms with van der Waals surface area (Å²) in [6.07, 6.45) is 8.26. The summed E-state index contributed by atoms with van der Waals surface area (Å²) in [5.41, 5.74) is 4.90. The minimum Gasteiger partial charge on any atom is -0.375 e. The van der Waals surface area contributed by atoms with Crippen molar-refractivity contribution in [2.45, 2.75) is 44.1 Å². The highest BCUT2D eigenvalue weighted by molar-refractivity contribution is 4.89. The van der Waals surface area contributed by atoms with Crippen molar-refractivity contribution in [1.82, 2.24) is 0 Å². The molecule has 2 aliphatic rings. The molecule has 0 bridgehead atoms. The van der Waals surface area contributed by atoms with E-state index in [2.05, 4.69) is 5.73 Å². The summed E-state index contributed by atoms with van der Waals surface area (Å²) in [6.45, 7) is 1.03. The molecule has 1 heterocycles. The average Bonchev–Trinajstić information content (AvgIpc) is 2.07. The normalized spacial score (nSPS) is 26.7. The molecule has 1 saturated carbocycles. The Bertz CT molecular complexity index is 107. The van der Waals surface area contributed by atoms with Crippen molar-refractivity contribution in [1.29, 1.82) is 0 Å². The molecule has 1 aliphatic carbocycles. The molecule has 1 aliphatic heterocycles. The smallest absolute Gasteiger partial charge is 0.0704 e. The molecule has 68 valence electrons. The standard InChI is InChI=1S/C8H14O.CH5N.H2/c1-2-4-8(5-3-1)6-7-9-8;1-2;/h1-7H2;2H2,1H3;1H. The first-order valence-corrected chi connectivity index (χ1v) is 4.63. The fourth-order valence-corrected chi connectivity index (χ4v) is 1.98. The van der Waals surface area contributed by atoms with Crippen LogP contribution in [-0.4, -0.2) is 19.3 Å². The Balaban J connectivity index is 0.000000378. The Kier molecular flexibility index (Phi) is 3.34. The fourth-order valence-electron chi connectivity index (χ4n) is 1.98. The van der Waals surface area contributed by atoms with Crippen molar-refractivity contribution in [3.63, 3.8) is 0 Å². The topological polar surface area (TPSA) is 35.2 Å². The van der Waals surface area contributed by atoms with Crippen molar-refractivity contribution in [2.75, 3.05) is 13.7 Å². The van der Waals surface area contributed by atoms with E-state index in [1.807, 2.05) is 0 Å². The molecule has 0 unspecified atom stereocenters.